The summed E-state index contributed by atoms with van der Waals surface area (Å²) in [5.41, 5.74) is 2.50. The van der Waals surface area contributed by atoms with Crippen LogP contribution in [-0.4, -0.2) is 9.97 Å². The predicted octanol–water partition coefficient (Wildman–Crippen LogP) is 4.09. The van der Waals surface area contributed by atoms with Crippen LogP contribution in [0.5, 0.6) is 0 Å². The Kier molecular flexibility index (Phi) is 2.65. The number of aromatic nitrogens is 2. The Morgan fingerprint density at radius 3 is 2.89 bits per heavy atom. The molecular formula is C15H13N3S. The van der Waals surface area contributed by atoms with Gasteiger partial charge in [0, 0.05) is 28.0 Å². The summed E-state index contributed by atoms with van der Waals surface area (Å²) in [5.74, 6) is 0. The summed E-state index contributed by atoms with van der Waals surface area (Å²) in [6.45, 7) is 3.78. The van der Waals surface area contributed by atoms with Crippen molar-refractivity contribution in [3.63, 3.8) is 0 Å². The number of fused-ring (bicyclic) bond motifs is 1. The van der Waals surface area contributed by atoms with Crippen LogP contribution in [0, 0.1) is 11.3 Å². The van der Waals surface area contributed by atoms with Crippen molar-refractivity contribution in [2.75, 3.05) is 0 Å². The number of hydrogen-bond acceptors (Lipinski definition) is 3. The van der Waals surface area contributed by atoms with Gasteiger partial charge in [-0.1, -0.05) is 18.2 Å². The molecule has 3 nitrogen and oxygen atoms in total. The number of benzene rings is 1. The van der Waals surface area contributed by atoms with Gasteiger partial charge in [0.2, 0.25) is 0 Å². The van der Waals surface area contributed by atoms with Crippen LogP contribution < -0.4 is 0 Å². The van der Waals surface area contributed by atoms with Crippen molar-refractivity contribution in [1.82, 2.24) is 9.97 Å². The van der Waals surface area contributed by atoms with E-state index < -0.39 is 5.41 Å². The van der Waals surface area contributed by atoms with Crippen LogP contribution in [0.1, 0.15) is 19.5 Å². The summed E-state index contributed by atoms with van der Waals surface area (Å²) in [5, 5.41) is 13.3. The smallest absolute Gasteiger partial charge is 0.125 e. The molecule has 94 valence electrons. The minimum absolute atomic E-state index is 0.541. The molecule has 3 rings (SSSR count). The van der Waals surface area contributed by atoms with Crippen LogP contribution in [-0.2, 0) is 5.41 Å². The van der Waals surface area contributed by atoms with E-state index >= 15 is 0 Å². The molecule has 0 bridgehead atoms. The number of aromatic amines is 1. The summed E-state index contributed by atoms with van der Waals surface area (Å²) >= 11 is 1.58. The van der Waals surface area contributed by atoms with Crippen molar-refractivity contribution >= 4 is 22.2 Å². The quantitative estimate of drug-likeness (QED) is 0.760. The van der Waals surface area contributed by atoms with E-state index in [4.69, 9.17) is 5.26 Å². The highest BCUT2D eigenvalue weighted by molar-refractivity contribution is 7.13. The van der Waals surface area contributed by atoms with Gasteiger partial charge in [-0.2, -0.15) is 5.26 Å². The van der Waals surface area contributed by atoms with Gasteiger partial charge in [-0.15, -0.1) is 11.3 Å². The Bertz CT molecular complexity index is 774. The molecule has 1 N–H and O–H groups in total. The number of nitrogens with one attached hydrogen (secondary N) is 1. The van der Waals surface area contributed by atoms with E-state index in [1.165, 1.54) is 0 Å². The highest BCUT2D eigenvalue weighted by atomic mass is 32.1. The number of nitriles is 1. The molecule has 0 atom stereocenters. The molecule has 0 radical (unpaired) electrons. The fourth-order valence-corrected chi connectivity index (χ4v) is 3.01. The van der Waals surface area contributed by atoms with Gasteiger partial charge in [-0.05, 0) is 19.9 Å². The molecule has 0 unspecified atom stereocenters. The average Bonchev–Trinajstić information content (AvgIpc) is 3.05. The molecule has 0 aliphatic rings. The molecule has 0 saturated carbocycles. The van der Waals surface area contributed by atoms with Gasteiger partial charge in [-0.25, -0.2) is 4.98 Å². The topological polar surface area (TPSA) is 52.5 Å². The number of hydrogen-bond donors (Lipinski definition) is 1. The van der Waals surface area contributed by atoms with Crippen molar-refractivity contribution in [2.45, 2.75) is 19.3 Å². The molecule has 0 aliphatic heterocycles. The van der Waals surface area contributed by atoms with Gasteiger partial charge < -0.3 is 4.98 Å². The molecule has 0 spiro atoms. The molecule has 0 aliphatic carbocycles. The maximum atomic E-state index is 9.17. The van der Waals surface area contributed by atoms with Crippen LogP contribution in [0.3, 0.4) is 0 Å². The maximum Gasteiger partial charge on any atom is 0.125 e. The van der Waals surface area contributed by atoms with Crippen molar-refractivity contribution < 1.29 is 0 Å². The molecule has 0 amide bonds. The van der Waals surface area contributed by atoms with Crippen molar-refractivity contribution in [2.24, 2.45) is 0 Å². The monoisotopic (exact) mass is 267 g/mol. The first-order chi connectivity index (χ1) is 9.12. The molecule has 0 fully saturated rings. The lowest BCUT2D eigenvalue weighted by atomic mass is 9.92. The fraction of sp³-hybridized carbons (Fsp3) is 0.200. The van der Waals surface area contributed by atoms with E-state index in [1.807, 2.05) is 43.6 Å². The largest absolute Gasteiger partial charge is 0.360 e. The van der Waals surface area contributed by atoms with Gasteiger partial charge in [0.25, 0.3) is 0 Å². The summed E-state index contributed by atoms with van der Waals surface area (Å²) in [6.07, 6.45) is 1.98. The summed E-state index contributed by atoms with van der Waals surface area (Å²) in [6, 6.07) is 10.4. The lowest BCUT2D eigenvalue weighted by Crippen LogP contribution is -2.14. The van der Waals surface area contributed by atoms with Crippen LogP contribution in [0.15, 0.2) is 35.8 Å². The first-order valence-corrected chi connectivity index (χ1v) is 6.93. The third kappa shape index (κ3) is 1.92. The fourth-order valence-electron chi connectivity index (χ4n) is 1.99. The van der Waals surface area contributed by atoms with E-state index in [-0.39, 0.29) is 0 Å². The second kappa shape index (κ2) is 4.22. The van der Waals surface area contributed by atoms with Gasteiger partial charge in [-0.3, -0.25) is 0 Å². The molecular weight excluding hydrogens is 254 g/mol. The van der Waals surface area contributed by atoms with Crippen molar-refractivity contribution in [3.05, 3.63) is 41.5 Å². The summed E-state index contributed by atoms with van der Waals surface area (Å²) in [4.78, 5) is 7.87. The molecule has 0 saturated heterocycles. The molecule has 4 heteroatoms. The van der Waals surface area contributed by atoms with Crippen molar-refractivity contribution in [1.29, 1.82) is 5.26 Å². The zero-order chi connectivity index (χ0) is 13.5. The minimum atomic E-state index is -0.541. The van der Waals surface area contributed by atoms with E-state index in [0.717, 1.165) is 27.2 Å². The third-order valence-corrected chi connectivity index (χ3v) is 4.12. The van der Waals surface area contributed by atoms with E-state index in [0.29, 0.717) is 0 Å². The standard InChI is InChI=1S/C15H13N3S/c1-15(2,9-16)13-8-19-14(18-13)11-7-17-12-6-4-3-5-10(11)12/h3-8,17H,1-2H3. The predicted molar refractivity (Wildman–Crippen MR) is 78.0 cm³/mol. The minimum Gasteiger partial charge on any atom is -0.360 e. The summed E-state index contributed by atoms with van der Waals surface area (Å²) < 4.78 is 0. The van der Waals surface area contributed by atoms with Crippen LogP contribution in [0.25, 0.3) is 21.5 Å². The number of para-hydroxylation sites is 1. The second-order valence-electron chi connectivity index (χ2n) is 5.02. The Labute approximate surface area is 115 Å². The van der Waals surface area contributed by atoms with Crippen LogP contribution in [0.4, 0.5) is 0 Å². The molecule has 3 aromatic rings. The normalized spacial score (nSPS) is 11.6. The Morgan fingerprint density at radius 2 is 2.11 bits per heavy atom. The second-order valence-corrected chi connectivity index (χ2v) is 5.88. The number of H-pyrrole nitrogens is 1. The van der Waals surface area contributed by atoms with Crippen molar-refractivity contribution in [3.8, 4) is 16.6 Å². The number of thiazole rings is 1. The van der Waals surface area contributed by atoms with Crippen LogP contribution >= 0.6 is 11.3 Å². The van der Waals surface area contributed by atoms with E-state index in [9.17, 15) is 0 Å². The molecule has 19 heavy (non-hydrogen) atoms. The van der Waals surface area contributed by atoms with Gasteiger partial charge in [0.05, 0.1) is 17.2 Å². The zero-order valence-electron chi connectivity index (χ0n) is 10.8. The first-order valence-electron chi connectivity index (χ1n) is 6.05. The molecule has 2 heterocycles. The first kappa shape index (κ1) is 11.9. The summed E-state index contributed by atoms with van der Waals surface area (Å²) in [7, 11) is 0. The molecule has 2 aromatic heterocycles. The van der Waals surface area contributed by atoms with Gasteiger partial charge in [0.15, 0.2) is 0 Å². The van der Waals surface area contributed by atoms with E-state index in [2.05, 4.69) is 22.1 Å². The Morgan fingerprint density at radius 1 is 1.32 bits per heavy atom. The Balaban J connectivity index is 2.11. The Hall–Kier alpha value is -2.12. The van der Waals surface area contributed by atoms with E-state index in [1.54, 1.807) is 11.3 Å². The number of rotatable bonds is 2. The lowest BCUT2D eigenvalue weighted by molar-refractivity contribution is 0.666. The third-order valence-electron chi connectivity index (χ3n) is 3.24. The van der Waals surface area contributed by atoms with Gasteiger partial charge >= 0.3 is 0 Å². The molecule has 1 aromatic carbocycles. The average molecular weight is 267 g/mol. The lowest BCUT2D eigenvalue weighted by Gasteiger charge is -2.10. The van der Waals surface area contributed by atoms with Gasteiger partial charge in [0.1, 0.15) is 5.01 Å². The number of nitrogens with zero attached hydrogens (tertiary/aromatic N) is 2. The van der Waals surface area contributed by atoms with Crippen LogP contribution in [0.2, 0.25) is 0 Å². The maximum absolute atomic E-state index is 9.17. The SMILES string of the molecule is CC(C)(C#N)c1csc(-c2c[nH]c3ccccc23)n1. The highest BCUT2D eigenvalue weighted by Gasteiger charge is 2.23. The zero-order valence-corrected chi connectivity index (χ0v) is 11.6. The highest BCUT2D eigenvalue weighted by Crippen LogP contribution is 2.33.